The standard InChI is InChI=1S/C7H12N2O3/c1-2-12-7(11)5-3-4(8)6(10)9-5/h4-5H,2-3,8H2,1H3,(H,9,10)/t4-,5-/m1/s1. The Labute approximate surface area is 70.2 Å². The SMILES string of the molecule is CCOC(=O)[C@H]1C[C@@H](N)C(=O)N1. The number of hydrogen-bond donors (Lipinski definition) is 2. The predicted octanol–water partition coefficient (Wildman–Crippen LogP) is -1.23. The Balaban J connectivity index is 2.46. The number of nitrogens with two attached hydrogens (primary N) is 1. The first-order valence-corrected chi connectivity index (χ1v) is 3.87. The fourth-order valence-electron chi connectivity index (χ4n) is 1.10. The Morgan fingerprint density at radius 2 is 2.50 bits per heavy atom. The molecule has 0 aliphatic carbocycles. The highest BCUT2D eigenvalue weighted by Gasteiger charge is 2.34. The van der Waals surface area contributed by atoms with Crippen molar-refractivity contribution in [1.29, 1.82) is 0 Å². The van der Waals surface area contributed by atoms with E-state index in [1.165, 1.54) is 0 Å². The summed E-state index contributed by atoms with van der Waals surface area (Å²) < 4.78 is 4.71. The van der Waals surface area contributed by atoms with E-state index in [1.807, 2.05) is 0 Å². The number of carbonyl (C=O) groups excluding carboxylic acids is 2. The van der Waals surface area contributed by atoms with Crippen molar-refractivity contribution in [3.63, 3.8) is 0 Å². The topological polar surface area (TPSA) is 81.4 Å². The number of rotatable bonds is 2. The van der Waals surface area contributed by atoms with Crippen LogP contribution < -0.4 is 11.1 Å². The Hall–Kier alpha value is -1.10. The van der Waals surface area contributed by atoms with E-state index in [2.05, 4.69) is 5.32 Å². The lowest BCUT2D eigenvalue weighted by atomic mass is 10.2. The second kappa shape index (κ2) is 3.53. The lowest BCUT2D eigenvalue weighted by Gasteiger charge is -2.07. The summed E-state index contributed by atoms with van der Waals surface area (Å²) in [6.07, 6.45) is 0.331. The second-order valence-corrected chi connectivity index (χ2v) is 2.66. The minimum absolute atomic E-state index is 0.284. The van der Waals surface area contributed by atoms with Gasteiger partial charge in [-0.1, -0.05) is 0 Å². The Morgan fingerprint density at radius 3 is 2.92 bits per heavy atom. The van der Waals surface area contributed by atoms with E-state index in [0.29, 0.717) is 13.0 Å². The van der Waals surface area contributed by atoms with Crippen LogP contribution in [0.2, 0.25) is 0 Å². The van der Waals surface area contributed by atoms with Crippen LogP contribution in [-0.2, 0) is 14.3 Å². The van der Waals surface area contributed by atoms with Gasteiger partial charge in [0.15, 0.2) is 0 Å². The number of ether oxygens (including phenoxy) is 1. The molecule has 3 N–H and O–H groups in total. The average molecular weight is 172 g/mol. The number of hydrogen-bond acceptors (Lipinski definition) is 4. The monoisotopic (exact) mass is 172 g/mol. The molecule has 1 aliphatic heterocycles. The minimum atomic E-state index is -0.570. The van der Waals surface area contributed by atoms with Crippen LogP contribution in [0, 0.1) is 0 Å². The third-order valence-corrected chi connectivity index (χ3v) is 1.71. The normalized spacial score (nSPS) is 28.3. The molecular weight excluding hydrogens is 160 g/mol. The smallest absolute Gasteiger partial charge is 0.328 e. The largest absolute Gasteiger partial charge is 0.464 e. The van der Waals surface area contributed by atoms with Gasteiger partial charge in [0.2, 0.25) is 5.91 Å². The summed E-state index contributed by atoms with van der Waals surface area (Å²) in [5.41, 5.74) is 5.38. The van der Waals surface area contributed by atoms with Crippen LogP contribution in [0.25, 0.3) is 0 Å². The molecule has 5 nitrogen and oxygen atoms in total. The maximum absolute atomic E-state index is 11.0. The van der Waals surface area contributed by atoms with Crippen molar-refractivity contribution in [2.45, 2.75) is 25.4 Å². The van der Waals surface area contributed by atoms with Gasteiger partial charge in [-0.25, -0.2) is 4.79 Å². The minimum Gasteiger partial charge on any atom is -0.464 e. The van der Waals surface area contributed by atoms with Crippen LogP contribution in [0.4, 0.5) is 0 Å². The van der Waals surface area contributed by atoms with Gasteiger partial charge < -0.3 is 15.8 Å². The summed E-state index contributed by atoms with van der Waals surface area (Å²) in [5.74, 6) is -0.688. The number of nitrogens with one attached hydrogen (secondary N) is 1. The van der Waals surface area contributed by atoms with Gasteiger partial charge in [0.05, 0.1) is 12.6 Å². The van der Waals surface area contributed by atoms with Gasteiger partial charge in [0.25, 0.3) is 0 Å². The van der Waals surface area contributed by atoms with Crippen LogP contribution in [0.3, 0.4) is 0 Å². The molecule has 5 heteroatoms. The molecule has 0 aromatic carbocycles. The molecule has 1 aliphatic rings. The van der Waals surface area contributed by atoms with E-state index in [1.54, 1.807) is 6.92 Å². The van der Waals surface area contributed by atoms with Crippen molar-refractivity contribution in [1.82, 2.24) is 5.32 Å². The quantitative estimate of drug-likeness (QED) is 0.511. The second-order valence-electron chi connectivity index (χ2n) is 2.66. The summed E-state index contributed by atoms with van der Waals surface area (Å²) in [6, 6.07) is -1.12. The van der Waals surface area contributed by atoms with E-state index in [-0.39, 0.29) is 5.91 Å². The molecule has 0 aromatic rings. The first kappa shape index (κ1) is 8.99. The van der Waals surface area contributed by atoms with Crippen LogP contribution >= 0.6 is 0 Å². The Bertz CT molecular complexity index is 205. The molecule has 0 unspecified atom stereocenters. The van der Waals surface area contributed by atoms with E-state index in [0.717, 1.165) is 0 Å². The molecule has 1 heterocycles. The summed E-state index contributed by atoms with van der Waals surface area (Å²) in [4.78, 5) is 21.9. The highest BCUT2D eigenvalue weighted by atomic mass is 16.5. The molecule has 0 aromatic heterocycles. The van der Waals surface area contributed by atoms with Gasteiger partial charge in [-0.3, -0.25) is 4.79 Å². The number of esters is 1. The number of amides is 1. The van der Waals surface area contributed by atoms with E-state index in [4.69, 9.17) is 10.5 Å². The molecule has 1 amide bonds. The van der Waals surface area contributed by atoms with E-state index < -0.39 is 18.1 Å². The van der Waals surface area contributed by atoms with Gasteiger partial charge in [-0.05, 0) is 6.92 Å². The molecule has 0 saturated carbocycles. The van der Waals surface area contributed by atoms with Crippen molar-refractivity contribution >= 4 is 11.9 Å². The molecule has 1 fully saturated rings. The molecule has 2 atom stereocenters. The van der Waals surface area contributed by atoms with Crippen molar-refractivity contribution in [2.24, 2.45) is 5.73 Å². The van der Waals surface area contributed by atoms with Gasteiger partial charge in [0, 0.05) is 6.42 Å². The van der Waals surface area contributed by atoms with Gasteiger partial charge >= 0.3 is 5.97 Å². The van der Waals surface area contributed by atoms with Gasteiger partial charge in [-0.15, -0.1) is 0 Å². The molecule has 1 rings (SSSR count). The van der Waals surface area contributed by atoms with Crippen molar-refractivity contribution in [3.05, 3.63) is 0 Å². The molecule has 1 saturated heterocycles. The highest BCUT2D eigenvalue weighted by Crippen LogP contribution is 2.07. The molecule has 0 bridgehead atoms. The van der Waals surface area contributed by atoms with Gasteiger partial charge in [0.1, 0.15) is 6.04 Å². The fourth-order valence-corrected chi connectivity index (χ4v) is 1.10. The maximum atomic E-state index is 11.0. The van der Waals surface area contributed by atoms with E-state index >= 15 is 0 Å². The third-order valence-electron chi connectivity index (χ3n) is 1.71. The molecule has 0 radical (unpaired) electrons. The molecular formula is C7H12N2O3. The lowest BCUT2D eigenvalue weighted by Crippen LogP contribution is -2.35. The van der Waals surface area contributed by atoms with E-state index in [9.17, 15) is 9.59 Å². The Morgan fingerprint density at radius 1 is 1.83 bits per heavy atom. The first-order chi connectivity index (χ1) is 5.65. The lowest BCUT2D eigenvalue weighted by molar-refractivity contribution is -0.145. The first-order valence-electron chi connectivity index (χ1n) is 3.87. The van der Waals surface area contributed by atoms with Crippen LogP contribution in [-0.4, -0.2) is 30.6 Å². The molecule has 0 spiro atoms. The van der Waals surface area contributed by atoms with Crippen LogP contribution in [0.5, 0.6) is 0 Å². The molecule has 12 heavy (non-hydrogen) atoms. The van der Waals surface area contributed by atoms with Crippen molar-refractivity contribution in [2.75, 3.05) is 6.61 Å². The zero-order valence-electron chi connectivity index (χ0n) is 6.87. The summed E-state index contributed by atoms with van der Waals surface area (Å²) in [5, 5.41) is 2.45. The van der Waals surface area contributed by atoms with Gasteiger partial charge in [-0.2, -0.15) is 0 Å². The predicted molar refractivity (Wildman–Crippen MR) is 41.2 cm³/mol. The zero-order valence-corrected chi connectivity index (χ0v) is 6.87. The van der Waals surface area contributed by atoms with Crippen molar-refractivity contribution in [3.8, 4) is 0 Å². The maximum Gasteiger partial charge on any atom is 0.328 e. The summed E-state index contributed by atoms with van der Waals surface area (Å²) >= 11 is 0. The summed E-state index contributed by atoms with van der Waals surface area (Å²) in [6.45, 7) is 2.04. The highest BCUT2D eigenvalue weighted by molar-refractivity contribution is 5.91. The van der Waals surface area contributed by atoms with Crippen molar-refractivity contribution < 1.29 is 14.3 Å². The average Bonchev–Trinajstić information content (AvgIpc) is 2.33. The zero-order chi connectivity index (χ0) is 9.14. The summed E-state index contributed by atoms with van der Waals surface area (Å²) in [7, 11) is 0. The number of carbonyl (C=O) groups is 2. The fraction of sp³-hybridized carbons (Fsp3) is 0.714. The third kappa shape index (κ3) is 1.73. The molecule has 68 valence electrons. The Kier molecular flexibility index (Phi) is 2.65. The van der Waals surface area contributed by atoms with Crippen LogP contribution in [0.15, 0.2) is 0 Å². The van der Waals surface area contributed by atoms with Crippen LogP contribution in [0.1, 0.15) is 13.3 Å².